The minimum absolute atomic E-state index is 0.197. The van der Waals surface area contributed by atoms with Gasteiger partial charge in [-0.05, 0) is 30.5 Å². The first kappa shape index (κ1) is 12.9. The van der Waals surface area contributed by atoms with Crippen LogP contribution in [0, 0.1) is 0 Å². The van der Waals surface area contributed by atoms with Crippen LogP contribution in [-0.4, -0.2) is 24.0 Å². The lowest BCUT2D eigenvalue weighted by atomic mass is 10.1. The predicted molar refractivity (Wildman–Crippen MR) is 65.2 cm³/mol. The van der Waals surface area contributed by atoms with E-state index in [0.717, 1.165) is 25.9 Å². The van der Waals surface area contributed by atoms with Crippen LogP contribution >= 0.6 is 0 Å². The van der Waals surface area contributed by atoms with Gasteiger partial charge in [-0.1, -0.05) is 12.1 Å². The van der Waals surface area contributed by atoms with Crippen LogP contribution in [0.4, 0.5) is 0 Å². The van der Waals surface area contributed by atoms with Gasteiger partial charge in [0.1, 0.15) is 11.8 Å². The van der Waals surface area contributed by atoms with Gasteiger partial charge in [0.2, 0.25) is 0 Å². The van der Waals surface area contributed by atoms with Crippen LogP contribution in [0.25, 0.3) is 0 Å². The van der Waals surface area contributed by atoms with Crippen LogP contribution in [-0.2, 0) is 9.53 Å². The minimum Gasteiger partial charge on any atom is -0.480 e. The molecule has 1 heterocycles. The number of carboxylic acid groups (broad SMARTS) is 1. The number of ether oxygens (including phenoxy) is 2. The fraction of sp³-hybridized carbons (Fsp3) is 0.462. The Bertz CT molecular complexity index is 398. The van der Waals surface area contributed by atoms with Crippen molar-refractivity contribution in [1.82, 2.24) is 0 Å². The molecule has 0 bridgehead atoms. The summed E-state index contributed by atoms with van der Waals surface area (Å²) in [5.74, 6) is -0.373. The smallest absolute Gasteiger partial charge is 0.325 e. The quantitative estimate of drug-likeness (QED) is 0.850. The van der Waals surface area contributed by atoms with E-state index in [1.807, 2.05) is 0 Å². The minimum atomic E-state index is -1.04. The molecule has 1 aromatic rings. The maximum absolute atomic E-state index is 10.7. The lowest BCUT2D eigenvalue weighted by molar-refractivity contribution is -0.138. The Labute approximate surface area is 106 Å². The second-order valence-electron chi connectivity index (χ2n) is 4.30. The number of benzene rings is 1. The largest absolute Gasteiger partial charge is 0.480 e. The normalized spacial score (nSPS) is 21.3. The summed E-state index contributed by atoms with van der Waals surface area (Å²) in [7, 11) is 0. The van der Waals surface area contributed by atoms with Crippen molar-refractivity contribution in [3.63, 3.8) is 0 Å². The molecule has 1 saturated heterocycles. The number of hydrogen-bond acceptors (Lipinski definition) is 4. The van der Waals surface area contributed by atoms with Crippen molar-refractivity contribution in [3.05, 3.63) is 29.8 Å². The molecule has 1 aliphatic rings. The zero-order chi connectivity index (χ0) is 13.0. The molecule has 98 valence electrons. The fourth-order valence-corrected chi connectivity index (χ4v) is 1.85. The molecule has 5 heteroatoms. The van der Waals surface area contributed by atoms with E-state index >= 15 is 0 Å². The molecular weight excluding hydrogens is 234 g/mol. The Kier molecular flexibility index (Phi) is 4.17. The van der Waals surface area contributed by atoms with Gasteiger partial charge >= 0.3 is 5.97 Å². The average molecular weight is 251 g/mol. The van der Waals surface area contributed by atoms with Gasteiger partial charge in [-0.3, -0.25) is 4.79 Å². The third kappa shape index (κ3) is 3.21. The van der Waals surface area contributed by atoms with Gasteiger partial charge in [-0.15, -0.1) is 0 Å². The molecule has 0 aromatic heterocycles. The summed E-state index contributed by atoms with van der Waals surface area (Å²) >= 11 is 0. The highest BCUT2D eigenvalue weighted by atomic mass is 16.7. The molecule has 0 aliphatic carbocycles. The molecule has 1 fully saturated rings. The maximum atomic E-state index is 10.7. The molecular formula is C13H17NO4. The highest BCUT2D eigenvalue weighted by molar-refractivity contribution is 5.75. The standard InChI is InChI=1S/C13H17NO4/c14-12(13(15)16)9-4-6-10(7-5-9)18-11-3-1-2-8-17-11/h4-7,11-12H,1-3,8,14H2,(H,15,16)/t11?,12-/m0/s1. The van der Waals surface area contributed by atoms with Crippen LogP contribution in [0.2, 0.25) is 0 Å². The monoisotopic (exact) mass is 251 g/mol. The summed E-state index contributed by atoms with van der Waals surface area (Å²) in [6.45, 7) is 0.729. The van der Waals surface area contributed by atoms with Gasteiger partial charge in [0.15, 0.2) is 6.29 Å². The molecule has 3 N–H and O–H groups in total. The molecule has 5 nitrogen and oxygen atoms in total. The number of carbonyl (C=O) groups is 1. The molecule has 0 spiro atoms. The van der Waals surface area contributed by atoms with Gasteiger partial charge in [0.25, 0.3) is 0 Å². The molecule has 2 atom stereocenters. The van der Waals surface area contributed by atoms with E-state index in [1.165, 1.54) is 0 Å². The first-order valence-electron chi connectivity index (χ1n) is 6.03. The summed E-state index contributed by atoms with van der Waals surface area (Å²) in [5.41, 5.74) is 6.06. The van der Waals surface area contributed by atoms with E-state index in [4.69, 9.17) is 20.3 Å². The van der Waals surface area contributed by atoms with Crippen LogP contribution < -0.4 is 10.5 Å². The molecule has 1 aliphatic heterocycles. The summed E-state index contributed by atoms with van der Waals surface area (Å²) < 4.78 is 11.1. The number of aliphatic carboxylic acids is 1. The van der Waals surface area contributed by atoms with Crippen LogP contribution in [0.15, 0.2) is 24.3 Å². The zero-order valence-electron chi connectivity index (χ0n) is 10.0. The Morgan fingerprint density at radius 1 is 1.39 bits per heavy atom. The van der Waals surface area contributed by atoms with Crippen molar-refractivity contribution >= 4 is 5.97 Å². The third-order valence-electron chi connectivity index (χ3n) is 2.91. The van der Waals surface area contributed by atoms with Crippen LogP contribution in [0.3, 0.4) is 0 Å². The fourth-order valence-electron chi connectivity index (χ4n) is 1.85. The third-order valence-corrected chi connectivity index (χ3v) is 2.91. The van der Waals surface area contributed by atoms with E-state index in [2.05, 4.69) is 0 Å². The van der Waals surface area contributed by atoms with Crippen molar-refractivity contribution < 1.29 is 19.4 Å². The van der Waals surface area contributed by atoms with E-state index in [-0.39, 0.29) is 6.29 Å². The lowest BCUT2D eigenvalue weighted by Gasteiger charge is -2.23. The first-order valence-corrected chi connectivity index (χ1v) is 6.03. The first-order chi connectivity index (χ1) is 8.66. The SMILES string of the molecule is N[C@H](C(=O)O)c1ccc(OC2CCCCO2)cc1. The molecule has 0 radical (unpaired) electrons. The van der Waals surface area contributed by atoms with Crippen LogP contribution in [0.1, 0.15) is 30.9 Å². The number of carboxylic acids is 1. The van der Waals surface area contributed by atoms with Crippen molar-refractivity contribution in [2.75, 3.05) is 6.61 Å². The van der Waals surface area contributed by atoms with Gasteiger partial charge in [0.05, 0.1) is 6.61 Å². The zero-order valence-corrected chi connectivity index (χ0v) is 10.0. The van der Waals surface area contributed by atoms with Gasteiger partial charge in [-0.2, -0.15) is 0 Å². The topological polar surface area (TPSA) is 81.8 Å². The average Bonchev–Trinajstić information content (AvgIpc) is 2.40. The molecule has 18 heavy (non-hydrogen) atoms. The van der Waals surface area contributed by atoms with Gasteiger partial charge in [0, 0.05) is 6.42 Å². The predicted octanol–water partition coefficient (Wildman–Crippen LogP) is 1.68. The maximum Gasteiger partial charge on any atom is 0.325 e. The van der Waals surface area contributed by atoms with Crippen molar-refractivity contribution in [1.29, 1.82) is 0 Å². The summed E-state index contributed by atoms with van der Waals surface area (Å²) in [4.78, 5) is 10.7. The number of hydrogen-bond donors (Lipinski definition) is 2. The van der Waals surface area contributed by atoms with Gasteiger partial charge in [-0.25, -0.2) is 0 Å². The second-order valence-corrected chi connectivity index (χ2v) is 4.30. The van der Waals surface area contributed by atoms with Crippen molar-refractivity contribution in [3.8, 4) is 5.75 Å². The highest BCUT2D eigenvalue weighted by Crippen LogP contribution is 2.21. The second kappa shape index (κ2) is 5.84. The van der Waals surface area contributed by atoms with Crippen molar-refractivity contribution in [2.45, 2.75) is 31.6 Å². The Hall–Kier alpha value is -1.59. The molecule has 1 unspecified atom stereocenters. The molecule has 1 aromatic carbocycles. The van der Waals surface area contributed by atoms with Crippen LogP contribution in [0.5, 0.6) is 5.75 Å². The Morgan fingerprint density at radius 2 is 2.11 bits per heavy atom. The lowest BCUT2D eigenvalue weighted by Crippen LogP contribution is -2.25. The molecule has 0 saturated carbocycles. The number of rotatable bonds is 4. The highest BCUT2D eigenvalue weighted by Gasteiger charge is 2.16. The summed E-state index contributed by atoms with van der Waals surface area (Å²) in [6.07, 6.45) is 2.87. The van der Waals surface area contributed by atoms with E-state index in [1.54, 1.807) is 24.3 Å². The summed E-state index contributed by atoms with van der Waals surface area (Å²) in [5, 5.41) is 8.79. The Balaban J connectivity index is 1.96. The van der Waals surface area contributed by atoms with Crippen molar-refractivity contribution in [2.24, 2.45) is 5.73 Å². The van der Waals surface area contributed by atoms with E-state index < -0.39 is 12.0 Å². The summed E-state index contributed by atoms with van der Waals surface area (Å²) in [6, 6.07) is 5.77. The Morgan fingerprint density at radius 3 is 2.67 bits per heavy atom. The van der Waals surface area contributed by atoms with Gasteiger partial charge < -0.3 is 20.3 Å². The number of nitrogens with two attached hydrogens (primary N) is 1. The molecule has 0 amide bonds. The molecule has 2 rings (SSSR count). The van der Waals surface area contributed by atoms with E-state index in [9.17, 15) is 4.79 Å². The van der Waals surface area contributed by atoms with E-state index in [0.29, 0.717) is 11.3 Å².